The Balaban J connectivity index is 1.93. The van der Waals surface area contributed by atoms with Crippen LogP contribution in [-0.2, 0) is 16.0 Å². The van der Waals surface area contributed by atoms with Gasteiger partial charge < -0.3 is 9.73 Å². The van der Waals surface area contributed by atoms with Gasteiger partial charge >= 0.3 is 0 Å². The van der Waals surface area contributed by atoms with E-state index in [9.17, 15) is 9.59 Å². The number of hydrogen-bond acceptors (Lipinski definition) is 4. The second kappa shape index (κ2) is 6.22. The summed E-state index contributed by atoms with van der Waals surface area (Å²) >= 11 is 0. The third-order valence-corrected chi connectivity index (χ3v) is 3.79. The fourth-order valence-electron chi connectivity index (χ4n) is 2.56. The van der Waals surface area contributed by atoms with Crippen LogP contribution in [0.3, 0.4) is 0 Å². The van der Waals surface area contributed by atoms with E-state index in [0.29, 0.717) is 6.42 Å². The van der Waals surface area contributed by atoms with Crippen molar-refractivity contribution in [2.45, 2.75) is 58.2 Å². The van der Waals surface area contributed by atoms with Crippen molar-refractivity contribution in [2.24, 2.45) is 0 Å². The van der Waals surface area contributed by atoms with Gasteiger partial charge in [0.05, 0.1) is 18.7 Å². The molecule has 0 bridgehead atoms. The monoisotopic (exact) mass is 278 g/mol. The van der Waals surface area contributed by atoms with Crippen molar-refractivity contribution in [2.75, 3.05) is 0 Å². The molecule has 110 valence electrons. The summed E-state index contributed by atoms with van der Waals surface area (Å²) in [7, 11) is 0. The molecule has 3 unspecified atom stereocenters. The molecule has 0 spiro atoms. The lowest BCUT2D eigenvalue weighted by Gasteiger charge is -2.22. The molecule has 1 saturated heterocycles. The van der Waals surface area contributed by atoms with Crippen LogP contribution in [0.15, 0.2) is 22.8 Å². The minimum atomic E-state index is -0.401. The summed E-state index contributed by atoms with van der Waals surface area (Å²) in [5.41, 5.74) is 0. The van der Waals surface area contributed by atoms with E-state index in [1.54, 1.807) is 6.26 Å². The van der Waals surface area contributed by atoms with Gasteiger partial charge in [-0.1, -0.05) is 6.92 Å². The van der Waals surface area contributed by atoms with Crippen LogP contribution in [0.4, 0.5) is 0 Å². The Bertz CT molecular complexity index is 469. The molecule has 2 rings (SSSR count). The van der Waals surface area contributed by atoms with Crippen molar-refractivity contribution >= 4 is 11.8 Å². The fourth-order valence-corrected chi connectivity index (χ4v) is 2.56. The van der Waals surface area contributed by atoms with Crippen molar-refractivity contribution in [3.05, 3.63) is 24.2 Å². The van der Waals surface area contributed by atoms with Crippen LogP contribution < -0.4 is 5.32 Å². The molecule has 1 aliphatic heterocycles. The van der Waals surface area contributed by atoms with Crippen molar-refractivity contribution in [3.63, 3.8) is 0 Å². The van der Waals surface area contributed by atoms with Gasteiger partial charge in [-0.2, -0.15) is 0 Å². The Hall–Kier alpha value is -1.62. The molecule has 0 saturated carbocycles. The van der Waals surface area contributed by atoms with E-state index in [1.807, 2.05) is 32.9 Å². The van der Waals surface area contributed by atoms with Crippen LogP contribution >= 0.6 is 0 Å². The highest BCUT2D eigenvalue weighted by Gasteiger charge is 2.40. The first-order valence-electron chi connectivity index (χ1n) is 7.17. The third kappa shape index (κ3) is 3.10. The Morgan fingerprint density at radius 2 is 2.20 bits per heavy atom. The number of likely N-dealkylation sites (tertiary alicyclic amines) is 1. The van der Waals surface area contributed by atoms with Gasteiger partial charge in [0.25, 0.3) is 0 Å². The van der Waals surface area contributed by atoms with Gasteiger partial charge in [0.1, 0.15) is 5.76 Å². The summed E-state index contributed by atoms with van der Waals surface area (Å²) in [5, 5.41) is 3.23. The quantitative estimate of drug-likeness (QED) is 0.805. The Morgan fingerprint density at radius 1 is 1.45 bits per heavy atom. The third-order valence-electron chi connectivity index (χ3n) is 3.79. The van der Waals surface area contributed by atoms with Gasteiger partial charge in [0.15, 0.2) is 0 Å². The molecule has 1 fully saturated rings. The standard InChI is InChI=1S/C15H22N2O3/c1-4-11(3)17-14(18)9-13(15(17)19)16-10(2)8-12-6-5-7-20-12/h5-7,10-11,13,16H,4,8-9H2,1-3H3. The highest BCUT2D eigenvalue weighted by Crippen LogP contribution is 2.18. The molecule has 5 heteroatoms. The van der Waals surface area contributed by atoms with E-state index in [0.717, 1.165) is 12.2 Å². The topological polar surface area (TPSA) is 62.6 Å². The second-order valence-electron chi connectivity index (χ2n) is 5.47. The first kappa shape index (κ1) is 14.8. The Kier molecular flexibility index (Phi) is 4.60. The van der Waals surface area contributed by atoms with Gasteiger partial charge in [-0.15, -0.1) is 0 Å². The number of furan rings is 1. The molecular weight excluding hydrogens is 256 g/mol. The maximum atomic E-state index is 12.3. The van der Waals surface area contributed by atoms with E-state index in [1.165, 1.54) is 4.90 Å². The van der Waals surface area contributed by atoms with E-state index >= 15 is 0 Å². The lowest BCUT2D eigenvalue weighted by molar-refractivity contribution is -0.141. The maximum Gasteiger partial charge on any atom is 0.247 e. The van der Waals surface area contributed by atoms with Crippen LogP contribution in [-0.4, -0.2) is 34.8 Å². The molecule has 1 N–H and O–H groups in total. The van der Waals surface area contributed by atoms with Crippen LogP contribution in [0, 0.1) is 0 Å². The van der Waals surface area contributed by atoms with Crippen molar-refractivity contribution in [3.8, 4) is 0 Å². The minimum absolute atomic E-state index is 0.0258. The van der Waals surface area contributed by atoms with Gasteiger partial charge in [-0.25, -0.2) is 0 Å². The zero-order valence-corrected chi connectivity index (χ0v) is 12.3. The average molecular weight is 278 g/mol. The molecule has 2 heterocycles. The summed E-state index contributed by atoms with van der Waals surface area (Å²) < 4.78 is 5.29. The van der Waals surface area contributed by atoms with E-state index in [-0.39, 0.29) is 30.3 Å². The molecular formula is C15H22N2O3. The minimum Gasteiger partial charge on any atom is -0.469 e. The molecule has 0 aromatic carbocycles. The Morgan fingerprint density at radius 3 is 2.80 bits per heavy atom. The predicted octanol–water partition coefficient (Wildman–Crippen LogP) is 1.73. The first-order chi connectivity index (χ1) is 9.52. The number of carbonyl (C=O) groups is 2. The zero-order chi connectivity index (χ0) is 14.7. The number of nitrogens with zero attached hydrogens (tertiary/aromatic N) is 1. The van der Waals surface area contributed by atoms with E-state index in [4.69, 9.17) is 4.42 Å². The Labute approximate surface area is 119 Å². The highest BCUT2D eigenvalue weighted by molar-refractivity contribution is 6.05. The summed E-state index contributed by atoms with van der Waals surface area (Å²) in [6.45, 7) is 5.88. The van der Waals surface area contributed by atoms with Gasteiger partial charge in [-0.05, 0) is 32.4 Å². The molecule has 1 aromatic rings. The summed E-state index contributed by atoms with van der Waals surface area (Å²) in [6, 6.07) is 3.41. The molecule has 2 amide bonds. The SMILES string of the molecule is CCC(C)N1C(=O)CC(NC(C)Cc2ccco2)C1=O. The number of carbonyl (C=O) groups excluding carboxylic acids is 2. The summed E-state index contributed by atoms with van der Waals surface area (Å²) in [5.74, 6) is 0.697. The van der Waals surface area contributed by atoms with Crippen LogP contribution in [0.5, 0.6) is 0 Å². The molecule has 5 nitrogen and oxygen atoms in total. The first-order valence-corrected chi connectivity index (χ1v) is 7.17. The summed E-state index contributed by atoms with van der Waals surface area (Å²) in [4.78, 5) is 25.6. The molecule has 20 heavy (non-hydrogen) atoms. The van der Waals surface area contributed by atoms with E-state index in [2.05, 4.69) is 5.32 Å². The van der Waals surface area contributed by atoms with Gasteiger partial charge in [0.2, 0.25) is 11.8 Å². The number of imide groups is 1. The summed E-state index contributed by atoms with van der Waals surface area (Å²) in [6.07, 6.45) is 3.38. The second-order valence-corrected chi connectivity index (χ2v) is 5.47. The molecule has 1 aliphatic rings. The van der Waals surface area contributed by atoms with Crippen molar-refractivity contribution < 1.29 is 14.0 Å². The largest absolute Gasteiger partial charge is 0.469 e. The number of nitrogens with one attached hydrogen (secondary N) is 1. The number of hydrogen-bond donors (Lipinski definition) is 1. The fraction of sp³-hybridized carbons (Fsp3) is 0.600. The normalized spacial score (nSPS) is 22.4. The highest BCUT2D eigenvalue weighted by atomic mass is 16.3. The van der Waals surface area contributed by atoms with E-state index < -0.39 is 6.04 Å². The predicted molar refractivity (Wildman–Crippen MR) is 75.0 cm³/mol. The molecule has 1 aromatic heterocycles. The van der Waals surface area contributed by atoms with Crippen molar-refractivity contribution in [1.29, 1.82) is 0 Å². The van der Waals surface area contributed by atoms with Gasteiger partial charge in [-0.3, -0.25) is 14.5 Å². The number of rotatable bonds is 6. The van der Waals surface area contributed by atoms with Crippen LogP contribution in [0.1, 0.15) is 39.4 Å². The molecule has 0 aliphatic carbocycles. The average Bonchev–Trinajstić information content (AvgIpc) is 2.98. The molecule has 0 radical (unpaired) electrons. The maximum absolute atomic E-state index is 12.3. The molecule has 3 atom stereocenters. The lowest BCUT2D eigenvalue weighted by Crippen LogP contribution is -2.45. The van der Waals surface area contributed by atoms with Crippen molar-refractivity contribution in [1.82, 2.24) is 10.2 Å². The van der Waals surface area contributed by atoms with Crippen LogP contribution in [0.25, 0.3) is 0 Å². The smallest absolute Gasteiger partial charge is 0.247 e. The van der Waals surface area contributed by atoms with Gasteiger partial charge in [0, 0.05) is 18.5 Å². The van der Waals surface area contributed by atoms with Crippen LogP contribution in [0.2, 0.25) is 0 Å². The zero-order valence-electron chi connectivity index (χ0n) is 12.3. The lowest BCUT2D eigenvalue weighted by atomic mass is 10.1. The number of amides is 2.